The predicted molar refractivity (Wildman–Crippen MR) is 138 cm³/mol. The zero-order chi connectivity index (χ0) is 24.5. The van der Waals surface area contributed by atoms with Crippen molar-refractivity contribution in [2.24, 2.45) is 0 Å². The summed E-state index contributed by atoms with van der Waals surface area (Å²) in [6.07, 6.45) is -0.156. The van der Waals surface area contributed by atoms with Crippen molar-refractivity contribution in [1.29, 1.82) is 0 Å². The van der Waals surface area contributed by atoms with Gasteiger partial charge in [-0.3, -0.25) is 9.48 Å². The van der Waals surface area contributed by atoms with E-state index in [4.69, 9.17) is 9.84 Å². The van der Waals surface area contributed by atoms with Crippen molar-refractivity contribution in [1.82, 2.24) is 15.1 Å². The molecule has 1 heterocycles. The minimum Gasteiger partial charge on any atom is -0.436 e. The largest absolute Gasteiger partial charge is 0.436 e. The number of ether oxygens (including phenoxy) is 1. The van der Waals surface area contributed by atoms with Gasteiger partial charge in [0, 0.05) is 0 Å². The number of para-hydroxylation sites is 2. The van der Waals surface area contributed by atoms with Crippen LogP contribution >= 0.6 is 0 Å². The minimum atomic E-state index is -0.740. The maximum atomic E-state index is 13.3. The highest BCUT2D eigenvalue weighted by Gasteiger charge is 2.32. The third-order valence-electron chi connectivity index (χ3n) is 6.65. The molecule has 1 aliphatic carbocycles. The number of hydrogen-bond acceptors (Lipinski definition) is 4. The van der Waals surface area contributed by atoms with Gasteiger partial charge < -0.3 is 15.2 Å². The number of nitrogens with zero attached hydrogens (tertiary/aromatic N) is 2. The lowest BCUT2D eigenvalue weighted by Crippen LogP contribution is -2.37. The zero-order valence-corrected chi connectivity index (χ0v) is 19.5. The number of fused-ring (bicyclic) bond motifs is 2. The Morgan fingerprint density at radius 1 is 0.917 bits per heavy atom. The fourth-order valence-electron chi connectivity index (χ4n) is 4.85. The van der Waals surface area contributed by atoms with Crippen LogP contribution in [0.2, 0.25) is 0 Å². The molecule has 0 bridgehead atoms. The average molecular weight is 476 g/mol. The molecule has 36 heavy (non-hydrogen) atoms. The van der Waals surface area contributed by atoms with E-state index in [9.17, 15) is 9.90 Å². The second-order valence-corrected chi connectivity index (χ2v) is 8.99. The van der Waals surface area contributed by atoms with Crippen LogP contribution in [-0.2, 0) is 13.0 Å². The molecule has 1 amide bonds. The van der Waals surface area contributed by atoms with Gasteiger partial charge in [-0.2, -0.15) is 0 Å². The first-order chi connectivity index (χ1) is 17.7. The highest BCUT2D eigenvalue weighted by atomic mass is 16.5. The predicted octanol–water partition coefficient (Wildman–Crippen LogP) is 5.27. The normalized spacial score (nSPS) is 16.6. The van der Waals surface area contributed by atoms with Crippen molar-refractivity contribution in [3.63, 3.8) is 0 Å². The van der Waals surface area contributed by atoms with Crippen molar-refractivity contribution in [2.75, 3.05) is 0 Å². The summed E-state index contributed by atoms with van der Waals surface area (Å²) in [5, 5.41) is 19.3. The molecule has 2 atom stereocenters. The van der Waals surface area contributed by atoms with Crippen LogP contribution in [0, 0.1) is 0 Å². The number of rotatable bonds is 6. The van der Waals surface area contributed by atoms with E-state index < -0.39 is 12.1 Å². The van der Waals surface area contributed by atoms with Gasteiger partial charge in [0.25, 0.3) is 5.91 Å². The van der Waals surface area contributed by atoms with Crippen LogP contribution in [0.25, 0.3) is 10.9 Å². The standard InChI is InChI=1S/C30H25N3O3/c34-28-22-13-5-4-12-21(22)18-25(28)31-29(35)24-15-7-9-17-27(24)36-30-23-14-6-8-16-26(23)33(32-30)19-20-10-2-1-3-11-20/h1-17,25,28,34H,18-19H2,(H,31,35)/t25-,28-/m1/s1. The van der Waals surface area contributed by atoms with Crippen molar-refractivity contribution >= 4 is 16.8 Å². The van der Waals surface area contributed by atoms with E-state index >= 15 is 0 Å². The molecule has 0 saturated carbocycles. The molecule has 0 unspecified atom stereocenters. The van der Waals surface area contributed by atoms with Crippen LogP contribution in [-0.4, -0.2) is 26.8 Å². The van der Waals surface area contributed by atoms with Crippen molar-refractivity contribution in [2.45, 2.75) is 25.1 Å². The summed E-state index contributed by atoms with van der Waals surface area (Å²) >= 11 is 0. The monoisotopic (exact) mass is 475 g/mol. The molecule has 0 saturated heterocycles. The summed E-state index contributed by atoms with van der Waals surface area (Å²) in [4.78, 5) is 13.3. The molecule has 178 valence electrons. The first-order valence-electron chi connectivity index (χ1n) is 12.0. The summed E-state index contributed by atoms with van der Waals surface area (Å²) in [7, 11) is 0. The molecule has 0 aliphatic heterocycles. The van der Waals surface area contributed by atoms with Gasteiger partial charge in [-0.25, -0.2) is 0 Å². The molecule has 6 rings (SSSR count). The molecule has 5 aromatic rings. The number of nitrogens with one attached hydrogen (secondary N) is 1. The Bertz CT molecular complexity index is 1540. The van der Waals surface area contributed by atoms with Gasteiger partial charge in [-0.15, -0.1) is 5.10 Å². The van der Waals surface area contributed by atoms with Crippen molar-refractivity contribution in [3.8, 4) is 11.6 Å². The zero-order valence-electron chi connectivity index (χ0n) is 19.5. The molecule has 0 spiro atoms. The van der Waals surface area contributed by atoms with Crippen molar-refractivity contribution < 1.29 is 14.6 Å². The van der Waals surface area contributed by atoms with Crippen LogP contribution in [0.3, 0.4) is 0 Å². The topological polar surface area (TPSA) is 76.4 Å². The Morgan fingerprint density at radius 2 is 1.64 bits per heavy atom. The van der Waals surface area contributed by atoms with Gasteiger partial charge in [0.1, 0.15) is 5.75 Å². The number of hydrogen-bond donors (Lipinski definition) is 2. The molecule has 6 heteroatoms. The van der Waals surface area contributed by atoms with Crippen LogP contribution in [0.1, 0.15) is 33.2 Å². The number of benzene rings is 4. The molecule has 4 aromatic carbocycles. The van der Waals surface area contributed by atoms with E-state index in [-0.39, 0.29) is 5.91 Å². The van der Waals surface area contributed by atoms with Gasteiger partial charge in [0.2, 0.25) is 5.88 Å². The van der Waals surface area contributed by atoms with E-state index in [1.54, 1.807) is 18.2 Å². The number of aliphatic hydroxyl groups is 1. The summed E-state index contributed by atoms with van der Waals surface area (Å²) in [5.74, 6) is 0.556. The Morgan fingerprint density at radius 3 is 2.50 bits per heavy atom. The maximum absolute atomic E-state index is 13.3. The smallest absolute Gasteiger partial charge is 0.255 e. The first kappa shape index (κ1) is 22.1. The van der Waals surface area contributed by atoms with E-state index in [1.807, 2.05) is 77.5 Å². The Balaban J connectivity index is 1.27. The van der Waals surface area contributed by atoms with E-state index in [0.717, 1.165) is 27.6 Å². The lowest BCUT2D eigenvalue weighted by Gasteiger charge is -2.18. The van der Waals surface area contributed by atoms with E-state index in [0.29, 0.717) is 30.2 Å². The number of amides is 1. The molecule has 1 aliphatic rings. The number of aliphatic hydroxyl groups excluding tert-OH is 1. The molecule has 6 nitrogen and oxygen atoms in total. The Hall–Kier alpha value is -4.42. The van der Waals surface area contributed by atoms with Gasteiger partial charge in [0.15, 0.2) is 0 Å². The third-order valence-corrected chi connectivity index (χ3v) is 6.65. The van der Waals surface area contributed by atoms with Crippen LogP contribution in [0.5, 0.6) is 11.6 Å². The summed E-state index contributed by atoms with van der Waals surface area (Å²) < 4.78 is 8.17. The fourth-order valence-corrected chi connectivity index (χ4v) is 4.85. The molecular weight excluding hydrogens is 450 g/mol. The number of carbonyl (C=O) groups excluding carboxylic acids is 1. The Labute approximate surface area is 208 Å². The maximum Gasteiger partial charge on any atom is 0.255 e. The van der Waals surface area contributed by atoms with Gasteiger partial charge in [-0.05, 0) is 47.4 Å². The summed E-state index contributed by atoms with van der Waals surface area (Å²) in [6, 6.07) is 32.5. The van der Waals surface area contributed by atoms with Crippen LogP contribution in [0.15, 0.2) is 103 Å². The molecule has 1 aromatic heterocycles. The quantitative estimate of drug-likeness (QED) is 0.351. The first-order valence-corrected chi connectivity index (χ1v) is 12.0. The highest BCUT2D eigenvalue weighted by molar-refractivity contribution is 5.97. The lowest BCUT2D eigenvalue weighted by atomic mass is 10.1. The lowest BCUT2D eigenvalue weighted by molar-refractivity contribution is 0.0856. The summed E-state index contributed by atoms with van der Waals surface area (Å²) in [6.45, 7) is 0.604. The van der Waals surface area contributed by atoms with E-state index in [2.05, 4.69) is 17.4 Å². The SMILES string of the molecule is O=C(N[C@@H]1Cc2ccccc2[C@H]1O)c1ccccc1Oc1nn(Cc2ccccc2)c2ccccc12. The van der Waals surface area contributed by atoms with Crippen molar-refractivity contribution in [3.05, 3.63) is 125 Å². The highest BCUT2D eigenvalue weighted by Crippen LogP contribution is 2.33. The van der Waals surface area contributed by atoms with Gasteiger partial charge in [0.05, 0.1) is 35.2 Å². The van der Waals surface area contributed by atoms with Crippen LogP contribution < -0.4 is 10.1 Å². The Kier molecular flexibility index (Phi) is 5.71. The molecule has 2 N–H and O–H groups in total. The van der Waals surface area contributed by atoms with Gasteiger partial charge >= 0.3 is 0 Å². The molecule has 0 fully saturated rings. The van der Waals surface area contributed by atoms with Gasteiger partial charge in [-0.1, -0.05) is 78.9 Å². The minimum absolute atomic E-state index is 0.296. The summed E-state index contributed by atoms with van der Waals surface area (Å²) in [5.41, 5.74) is 4.39. The second kappa shape index (κ2) is 9.32. The van der Waals surface area contributed by atoms with Crippen LogP contribution in [0.4, 0.5) is 0 Å². The number of aromatic nitrogens is 2. The fraction of sp³-hybridized carbons (Fsp3) is 0.133. The molecule has 0 radical (unpaired) electrons. The number of carbonyl (C=O) groups is 1. The van der Waals surface area contributed by atoms with E-state index in [1.165, 1.54) is 0 Å². The molecular formula is C30H25N3O3. The second-order valence-electron chi connectivity index (χ2n) is 8.99. The average Bonchev–Trinajstić information content (AvgIpc) is 3.42. The third kappa shape index (κ3) is 4.12.